The highest BCUT2D eigenvalue weighted by Crippen LogP contribution is 2.25. The maximum atomic E-state index is 13.6. The molecule has 0 unspecified atom stereocenters. The number of nitrogens with zero attached hydrogens (tertiary/aromatic N) is 4. The first-order valence-corrected chi connectivity index (χ1v) is 12.6. The monoisotopic (exact) mass is 463 g/mol. The Hall–Kier alpha value is -2.89. The minimum Gasteiger partial charge on any atom is -0.372 e. The van der Waals surface area contributed by atoms with Gasteiger partial charge in [-0.3, -0.25) is 9.89 Å². The van der Waals surface area contributed by atoms with Gasteiger partial charge in [0, 0.05) is 29.8 Å². The zero-order chi connectivity index (χ0) is 25.2. The fraction of sp³-hybridized carbons (Fsp3) is 0.536. The Kier molecular flexibility index (Phi) is 7.69. The maximum Gasteiger partial charge on any atom is 0.276 e. The minimum absolute atomic E-state index is 0.0130. The van der Waals surface area contributed by atoms with E-state index < -0.39 is 0 Å². The van der Waals surface area contributed by atoms with Gasteiger partial charge in [-0.05, 0) is 76.8 Å². The van der Waals surface area contributed by atoms with Crippen LogP contribution < -0.4 is 21.2 Å². The molecule has 34 heavy (non-hydrogen) atoms. The summed E-state index contributed by atoms with van der Waals surface area (Å²) in [6, 6.07) is 6.38. The third-order valence-electron chi connectivity index (χ3n) is 6.38. The lowest BCUT2D eigenvalue weighted by Crippen LogP contribution is -2.29. The van der Waals surface area contributed by atoms with Crippen LogP contribution in [0.1, 0.15) is 85.1 Å². The van der Waals surface area contributed by atoms with E-state index in [1.807, 2.05) is 13.8 Å². The molecule has 0 aliphatic rings. The Morgan fingerprint density at radius 2 is 1.82 bits per heavy atom. The van der Waals surface area contributed by atoms with Crippen LogP contribution in [0.25, 0.3) is 11.2 Å². The van der Waals surface area contributed by atoms with Crippen molar-refractivity contribution in [2.45, 2.75) is 87.0 Å². The zero-order valence-electron chi connectivity index (χ0n) is 22.5. The summed E-state index contributed by atoms with van der Waals surface area (Å²) in [4.78, 5) is 26.1. The second-order valence-electron chi connectivity index (χ2n) is 10.3. The number of aromatic amines is 1. The van der Waals surface area contributed by atoms with E-state index in [0.29, 0.717) is 5.65 Å². The van der Waals surface area contributed by atoms with Crippen LogP contribution in [0.5, 0.6) is 0 Å². The van der Waals surface area contributed by atoms with Gasteiger partial charge in [-0.1, -0.05) is 34.1 Å². The smallest absolute Gasteiger partial charge is 0.276 e. The topological polar surface area (TPSA) is 65.8 Å². The highest BCUT2D eigenvalue weighted by atomic mass is 16.1. The molecule has 0 saturated heterocycles. The van der Waals surface area contributed by atoms with Gasteiger partial charge < -0.3 is 4.90 Å². The molecule has 1 aromatic carbocycles. The van der Waals surface area contributed by atoms with E-state index in [9.17, 15) is 4.79 Å². The second kappa shape index (κ2) is 10.2. The van der Waals surface area contributed by atoms with Gasteiger partial charge in [0.2, 0.25) is 0 Å². The van der Waals surface area contributed by atoms with Crippen LogP contribution in [0, 0.1) is 6.92 Å². The Balaban J connectivity index is 2.37. The number of hydrogen-bond donors (Lipinski definition) is 1. The van der Waals surface area contributed by atoms with Crippen molar-refractivity contribution in [1.29, 1.82) is 0 Å². The fourth-order valence-electron chi connectivity index (χ4n) is 4.42. The largest absolute Gasteiger partial charge is 0.372 e. The van der Waals surface area contributed by atoms with Crippen LogP contribution >= 0.6 is 0 Å². The molecule has 0 radical (unpaired) electrons. The summed E-state index contributed by atoms with van der Waals surface area (Å²) in [5, 5.41) is 4.89. The number of aryl methyl sites for hydroxylation is 1. The Labute approximate surface area is 203 Å². The summed E-state index contributed by atoms with van der Waals surface area (Å²) < 4.78 is 1.60. The van der Waals surface area contributed by atoms with E-state index in [2.05, 4.69) is 76.7 Å². The molecule has 2 heterocycles. The van der Waals surface area contributed by atoms with Crippen molar-refractivity contribution in [2.24, 2.45) is 4.99 Å². The Morgan fingerprint density at radius 3 is 2.35 bits per heavy atom. The predicted octanol–water partition coefficient (Wildman–Crippen LogP) is 4.96. The summed E-state index contributed by atoms with van der Waals surface area (Å²) in [5.41, 5.74) is 6.27. The number of fused-ring (bicyclic) bond motifs is 1. The first-order chi connectivity index (χ1) is 16.0. The van der Waals surface area contributed by atoms with Crippen LogP contribution in [0.3, 0.4) is 0 Å². The zero-order valence-corrected chi connectivity index (χ0v) is 22.5. The van der Waals surface area contributed by atoms with Crippen LogP contribution in [0.2, 0.25) is 0 Å². The number of H-pyrrole nitrogens is 1. The number of nitrogens with one attached hydrogen (secondary N) is 1. The van der Waals surface area contributed by atoms with Crippen molar-refractivity contribution in [3.63, 3.8) is 0 Å². The second-order valence-corrected chi connectivity index (χ2v) is 10.3. The Bertz CT molecular complexity index is 1350. The standard InChI is InChI=1S/C28H41N5O/c1-10-13-14-21-25(28(7,8)9)30-26-24(23(18(4)5)31-33(26)27(21)34)29-22-16-15-20(17-19(22)6)32(11-2)12-3/h15-17,31H,10-14H2,1-9H3. The number of unbranched alkanes of at least 4 members (excludes halogenated alkanes) is 1. The number of anilines is 1. The lowest BCUT2D eigenvalue weighted by Gasteiger charge is -2.21. The molecule has 0 bridgehead atoms. The van der Waals surface area contributed by atoms with E-state index in [-0.39, 0.29) is 11.0 Å². The molecule has 2 aromatic heterocycles. The van der Waals surface area contributed by atoms with Crippen molar-refractivity contribution in [1.82, 2.24) is 14.6 Å². The molecular formula is C28H41N5O. The van der Waals surface area contributed by atoms with E-state index in [1.54, 1.807) is 4.52 Å². The molecule has 0 amide bonds. The number of hydrogen-bond acceptors (Lipinski definition) is 4. The number of aromatic nitrogens is 3. The van der Waals surface area contributed by atoms with Gasteiger partial charge in [0.1, 0.15) is 5.36 Å². The molecule has 0 saturated carbocycles. The molecule has 0 spiro atoms. The number of rotatable bonds is 7. The van der Waals surface area contributed by atoms with Crippen LogP contribution in [0.4, 0.5) is 11.4 Å². The van der Waals surface area contributed by atoms with Gasteiger partial charge in [0.05, 0.1) is 16.7 Å². The fourth-order valence-corrected chi connectivity index (χ4v) is 4.42. The summed E-state index contributed by atoms with van der Waals surface area (Å²) >= 11 is 0. The van der Waals surface area contributed by atoms with Crippen LogP contribution in [-0.4, -0.2) is 27.7 Å². The van der Waals surface area contributed by atoms with Gasteiger partial charge in [-0.15, -0.1) is 0 Å². The molecule has 184 valence electrons. The van der Waals surface area contributed by atoms with Gasteiger partial charge >= 0.3 is 0 Å². The molecule has 0 atom stereocenters. The maximum absolute atomic E-state index is 13.6. The third kappa shape index (κ3) is 4.96. The summed E-state index contributed by atoms with van der Waals surface area (Å²) in [6.45, 7) is 20.9. The normalized spacial score (nSPS) is 12.6. The number of benzene rings is 1. The lowest BCUT2D eigenvalue weighted by molar-refractivity contribution is 0.553. The summed E-state index contributed by atoms with van der Waals surface area (Å²) in [6.07, 6.45) is 2.74. The molecule has 3 rings (SSSR count). The average molecular weight is 464 g/mol. The highest BCUT2D eigenvalue weighted by Gasteiger charge is 2.24. The van der Waals surface area contributed by atoms with Crippen molar-refractivity contribution in [3.8, 4) is 0 Å². The van der Waals surface area contributed by atoms with E-state index in [1.165, 1.54) is 5.69 Å². The highest BCUT2D eigenvalue weighted by molar-refractivity contribution is 5.58. The van der Waals surface area contributed by atoms with E-state index in [0.717, 1.165) is 71.1 Å². The van der Waals surface area contributed by atoms with Crippen molar-refractivity contribution in [2.75, 3.05) is 18.0 Å². The molecule has 0 aliphatic carbocycles. The van der Waals surface area contributed by atoms with Crippen LogP contribution in [-0.2, 0) is 11.8 Å². The summed E-state index contributed by atoms with van der Waals surface area (Å²) in [7, 11) is 0. The first-order valence-electron chi connectivity index (χ1n) is 12.6. The quantitative estimate of drug-likeness (QED) is 0.539. The Morgan fingerprint density at radius 1 is 1.15 bits per heavy atom. The lowest BCUT2D eigenvalue weighted by atomic mass is 9.87. The van der Waals surface area contributed by atoms with Gasteiger partial charge in [0.25, 0.3) is 5.56 Å². The van der Waals surface area contributed by atoms with Crippen molar-refractivity contribution in [3.05, 3.63) is 56.1 Å². The molecule has 6 heteroatoms. The average Bonchev–Trinajstić information content (AvgIpc) is 3.14. The molecule has 0 fully saturated rings. The predicted molar refractivity (Wildman–Crippen MR) is 143 cm³/mol. The molecular weight excluding hydrogens is 422 g/mol. The van der Waals surface area contributed by atoms with E-state index >= 15 is 0 Å². The molecule has 0 aliphatic heterocycles. The SMILES string of the molecule is CCCCc1c(C(C)(C)C)nc2c(=Nc3ccc(N(CC)CC)cc3C)c(=C(C)C)[nH]n2c1=O. The molecule has 1 N–H and O–H groups in total. The van der Waals surface area contributed by atoms with Crippen molar-refractivity contribution >= 4 is 22.6 Å². The first kappa shape index (κ1) is 25.7. The minimum atomic E-state index is -0.238. The van der Waals surface area contributed by atoms with E-state index in [4.69, 9.17) is 9.98 Å². The van der Waals surface area contributed by atoms with Crippen molar-refractivity contribution < 1.29 is 0 Å². The van der Waals surface area contributed by atoms with Gasteiger partial charge in [0.15, 0.2) is 5.65 Å². The van der Waals surface area contributed by atoms with Crippen LogP contribution in [0.15, 0.2) is 28.0 Å². The summed E-state index contributed by atoms with van der Waals surface area (Å²) in [5.74, 6) is 0. The van der Waals surface area contributed by atoms with Gasteiger partial charge in [-0.25, -0.2) is 9.98 Å². The third-order valence-corrected chi connectivity index (χ3v) is 6.38. The molecule has 3 aromatic rings. The van der Waals surface area contributed by atoms with Gasteiger partial charge in [-0.2, -0.15) is 4.52 Å². The molecule has 6 nitrogen and oxygen atoms in total.